The Morgan fingerprint density at radius 2 is 1.76 bits per heavy atom. The van der Waals surface area contributed by atoms with Gasteiger partial charge in [-0.3, -0.25) is 0 Å². The molecular weight excluding hydrogens is 329 g/mol. The first-order valence-corrected chi connectivity index (χ1v) is 7.54. The fraction of sp³-hybridized carbons (Fsp3) is 0.0625. The number of aromatic nitrogens is 1. The number of hydrogen-bond donors (Lipinski definition) is 0. The molecular formula is C16H10Cl3NO. The van der Waals surface area contributed by atoms with Crippen LogP contribution in [0.2, 0.25) is 10.0 Å². The summed E-state index contributed by atoms with van der Waals surface area (Å²) in [4.78, 5) is 4.44. The molecule has 21 heavy (non-hydrogen) atoms. The molecule has 2 aromatic carbocycles. The van der Waals surface area contributed by atoms with Gasteiger partial charge in [0.15, 0.2) is 0 Å². The van der Waals surface area contributed by atoms with Crippen molar-refractivity contribution in [3.05, 3.63) is 64.3 Å². The van der Waals surface area contributed by atoms with Crippen LogP contribution in [0.5, 0.6) is 11.6 Å². The maximum Gasteiger partial charge on any atom is 0.227 e. The summed E-state index contributed by atoms with van der Waals surface area (Å²) in [6.07, 6.45) is 0. The van der Waals surface area contributed by atoms with Gasteiger partial charge in [-0.15, -0.1) is 11.6 Å². The highest BCUT2D eigenvalue weighted by atomic mass is 35.5. The maximum absolute atomic E-state index is 6.00. The standard InChI is InChI=1S/C16H10Cl3NO/c17-9-11-7-10-3-1-2-4-13(10)16(20-11)21-12-5-6-14(18)15(19)8-12/h1-8H,9H2. The lowest BCUT2D eigenvalue weighted by atomic mass is 10.1. The van der Waals surface area contributed by atoms with E-state index >= 15 is 0 Å². The number of halogens is 3. The second-order valence-electron chi connectivity index (χ2n) is 4.45. The molecule has 0 radical (unpaired) electrons. The smallest absolute Gasteiger partial charge is 0.227 e. The second-order valence-corrected chi connectivity index (χ2v) is 5.53. The van der Waals surface area contributed by atoms with Crippen LogP contribution < -0.4 is 4.74 Å². The molecule has 106 valence electrons. The number of alkyl halides is 1. The highest BCUT2D eigenvalue weighted by Gasteiger charge is 2.09. The molecule has 3 rings (SSSR count). The molecule has 0 aliphatic carbocycles. The van der Waals surface area contributed by atoms with Crippen molar-refractivity contribution < 1.29 is 4.74 Å². The predicted molar refractivity (Wildman–Crippen MR) is 87.8 cm³/mol. The topological polar surface area (TPSA) is 22.1 Å². The third-order valence-corrected chi connectivity index (χ3v) is 4.01. The lowest BCUT2D eigenvalue weighted by Crippen LogP contribution is -1.93. The van der Waals surface area contributed by atoms with Crippen LogP contribution in [0, 0.1) is 0 Å². The first kappa shape index (κ1) is 14.5. The van der Waals surface area contributed by atoms with Gasteiger partial charge < -0.3 is 4.74 Å². The minimum Gasteiger partial charge on any atom is -0.438 e. The number of nitrogens with zero attached hydrogens (tertiary/aromatic N) is 1. The van der Waals surface area contributed by atoms with Crippen molar-refractivity contribution in [2.45, 2.75) is 5.88 Å². The van der Waals surface area contributed by atoms with E-state index in [4.69, 9.17) is 39.5 Å². The molecule has 1 aromatic heterocycles. The number of benzene rings is 2. The lowest BCUT2D eigenvalue weighted by molar-refractivity contribution is 0.468. The van der Waals surface area contributed by atoms with Gasteiger partial charge >= 0.3 is 0 Å². The Balaban J connectivity index is 2.08. The zero-order valence-electron chi connectivity index (χ0n) is 10.8. The Kier molecular flexibility index (Phi) is 4.20. The van der Waals surface area contributed by atoms with Crippen molar-refractivity contribution in [1.29, 1.82) is 0 Å². The summed E-state index contributed by atoms with van der Waals surface area (Å²) in [6, 6.07) is 14.9. The number of fused-ring (bicyclic) bond motifs is 1. The molecule has 1 heterocycles. The fourth-order valence-corrected chi connectivity index (χ4v) is 2.44. The SMILES string of the molecule is ClCc1cc2ccccc2c(Oc2ccc(Cl)c(Cl)c2)n1. The van der Waals surface area contributed by atoms with Gasteiger partial charge in [0.2, 0.25) is 5.88 Å². The van der Waals surface area contributed by atoms with Crippen LogP contribution in [0.4, 0.5) is 0 Å². The molecule has 2 nitrogen and oxygen atoms in total. The molecule has 0 saturated heterocycles. The molecule has 0 atom stereocenters. The van der Waals surface area contributed by atoms with E-state index in [9.17, 15) is 0 Å². The molecule has 0 bridgehead atoms. The van der Waals surface area contributed by atoms with E-state index in [1.54, 1.807) is 18.2 Å². The van der Waals surface area contributed by atoms with Crippen LogP contribution in [0.15, 0.2) is 48.5 Å². The fourth-order valence-electron chi connectivity index (χ4n) is 2.02. The Morgan fingerprint density at radius 3 is 2.52 bits per heavy atom. The van der Waals surface area contributed by atoms with Crippen LogP contribution in [0.25, 0.3) is 10.8 Å². The lowest BCUT2D eigenvalue weighted by Gasteiger charge is -2.10. The zero-order valence-corrected chi connectivity index (χ0v) is 13.1. The minimum absolute atomic E-state index is 0.322. The van der Waals surface area contributed by atoms with Crippen molar-refractivity contribution in [1.82, 2.24) is 4.98 Å². The molecule has 0 saturated carbocycles. The second kappa shape index (κ2) is 6.10. The summed E-state index contributed by atoms with van der Waals surface area (Å²) < 4.78 is 5.86. The Bertz CT molecular complexity index is 805. The third-order valence-electron chi connectivity index (χ3n) is 3.00. The number of ether oxygens (including phenoxy) is 1. The highest BCUT2D eigenvalue weighted by Crippen LogP contribution is 2.32. The largest absolute Gasteiger partial charge is 0.438 e. The molecule has 0 aliphatic rings. The highest BCUT2D eigenvalue weighted by molar-refractivity contribution is 6.42. The normalized spacial score (nSPS) is 10.8. The molecule has 3 aromatic rings. The van der Waals surface area contributed by atoms with Crippen molar-refractivity contribution in [2.24, 2.45) is 0 Å². The summed E-state index contributed by atoms with van der Waals surface area (Å²) in [5.74, 6) is 1.40. The molecule has 5 heteroatoms. The third kappa shape index (κ3) is 3.08. The number of pyridine rings is 1. The Labute approximate surface area is 137 Å². The summed E-state index contributed by atoms with van der Waals surface area (Å²) in [5.41, 5.74) is 0.755. The summed E-state index contributed by atoms with van der Waals surface area (Å²) in [6.45, 7) is 0. The molecule has 0 spiro atoms. The Morgan fingerprint density at radius 1 is 0.952 bits per heavy atom. The van der Waals surface area contributed by atoms with Crippen LogP contribution in [-0.4, -0.2) is 4.98 Å². The first-order valence-electron chi connectivity index (χ1n) is 6.25. The van der Waals surface area contributed by atoms with Crippen molar-refractivity contribution in [2.75, 3.05) is 0 Å². The van der Waals surface area contributed by atoms with E-state index < -0.39 is 0 Å². The zero-order chi connectivity index (χ0) is 14.8. The van der Waals surface area contributed by atoms with Crippen LogP contribution in [-0.2, 0) is 5.88 Å². The van der Waals surface area contributed by atoms with E-state index in [0.29, 0.717) is 27.6 Å². The van der Waals surface area contributed by atoms with E-state index in [0.717, 1.165) is 16.5 Å². The van der Waals surface area contributed by atoms with Gasteiger partial charge in [-0.2, -0.15) is 0 Å². The van der Waals surface area contributed by atoms with Gasteiger partial charge in [0.1, 0.15) is 5.75 Å². The monoisotopic (exact) mass is 337 g/mol. The average molecular weight is 339 g/mol. The molecule has 0 aliphatic heterocycles. The predicted octanol–water partition coefficient (Wildman–Crippen LogP) is 6.07. The van der Waals surface area contributed by atoms with Gasteiger partial charge in [0.25, 0.3) is 0 Å². The van der Waals surface area contributed by atoms with Gasteiger partial charge in [-0.1, -0.05) is 41.4 Å². The molecule has 0 N–H and O–H groups in total. The van der Waals surface area contributed by atoms with Gasteiger partial charge in [0.05, 0.1) is 21.6 Å². The van der Waals surface area contributed by atoms with E-state index in [1.807, 2.05) is 30.3 Å². The van der Waals surface area contributed by atoms with Crippen molar-refractivity contribution in [3.8, 4) is 11.6 Å². The number of rotatable bonds is 3. The Hall–Kier alpha value is -1.48. The van der Waals surface area contributed by atoms with Gasteiger partial charge in [-0.05, 0) is 29.7 Å². The van der Waals surface area contributed by atoms with E-state index in [-0.39, 0.29) is 0 Å². The number of hydrogen-bond acceptors (Lipinski definition) is 2. The van der Waals surface area contributed by atoms with Crippen molar-refractivity contribution >= 4 is 45.6 Å². The van der Waals surface area contributed by atoms with E-state index in [2.05, 4.69) is 4.98 Å². The first-order chi connectivity index (χ1) is 10.2. The summed E-state index contributed by atoms with van der Waals surface area (Å²) >= 11 is 17.8. The quantitative estimate of drug-likeness (QED) is 0.540. The van der Waals surface area contributed by atoms with Gasteiger partial charge in [-0.25, -0.2) is 4.98 Å². The molecule has 0 amide bonds. The van der Waals surface area contributed by atoms with Crippen LogP contribution >= 0.6 is 34.8 Å². The minimum atomic E-state index is 0.322. The van der Waals surface area contributed by atoms with Crippen molar-refractivity contribution in [3.63, 3.8) is 0 Å². The van der Waals surface area contributed by atoms with E-state index in [1.165, 1.54) is 0 Å². The average Bonchev–Trinajstić information content (AvgIpc) is 2.51. The summed E-state index contributed by atoms with van der Waals surface area (Å²) in [7, 11) is 0. The van der Waals surface area contributed by atoms with Crippen LogP contribution in [0.3, 0.4) is 0 Å². The maximum atomic E-state index is 6.00. The van der Waals surface area contributed by atoms with Crippen LogP contribution in [0.1, 0.15) is 5.69 Å². The molecule has 0 unspecified atom stereocenters. The molecule has 0 fully saturated rings. The summed E-state index contributed by atoms with van der Waals surface area (Å²) in [5, 5.41) is 2.86. The van der Waals surface area contributed by atoms with Gasteiger partial charge in [0, 0.05) is 11.5 Å².